The largest absolute Gasteiger partial charge is 0.493 e. The van der Waals surface area contributed by atoms with Gasteiger partial charge in [-0.15, -0.1) is 0 Å². The monoisotopic (exact) mass is 439 g/mol. The second-order valence-corrected chi connectivity index (χ2v) is 7.50. The molecule has 0 saturated carbocycles. The lowest BCUT2D eigenvalue weighted by Gasteiger charge is -2.16. The van der Waals surface area contributed by atoms with E-state index in [-0.39, 0.29) is 46.4 Å². The van der Waals surface area contributed by atoms with Crippen LogP contribution in [0.3, 0.4) is 0 Å². The minimum absolute atomic E-state index is 0.119. The molecule has 0 amide bonds. The first-order valence-electron chi connectivity index (χ1n) is 8.51. The van der Waals surface area contributed by atoms with Crippen molar-refractivity contribution in [3.05, 3.63) is 47.5 Å². The highest BCUT2D eigenvalue weighted by molar-refractivity contribution is 7.92. The standard InChI is InChI=1S/C19H21NO9S/c1-26-8-9-29-17-11-15(14(18(21)22)10-16(17)27-2)20-30(24,25)13-6-4-12(5-7-13)19(23)28-3/h4-7,10-11,20H,8-9H2,1-3H3,(H,21,22). The van der Waals surface area contributed by atoms with Gasteiger partial charge in [-0.2, -0.15) is 0 Å². The fraction of sp³-hybridized carbons (Fsp3) is 0.263. The third-order valence-electron chi connectivity index (χ3n) is 3.91. The molecule has 10 nitrogen and oxygen atoms in total. The van der Waals surface area contributed by atoms with E-state index >= 15 is 0 Å². The van der Waals surface area contributed by atoms with Crippen molar-refractivity contribution in [2.75, 3.05) is 39.3 Å². The summed E-state index contributed by atoms with van der Waals surface area (Å²) in [7, 11) is -0.145. The van der Waals surface area contributed by atoms with E-state index in [0.29, 0.717) is 0 Å². The summed E-state index contributed by atoms with van der Waals surface area (Å²) < 4.78 is 47.8. The molecule has 0 aromatic heterocycles. The molecule has 0 radical (unpaired) electrons. The zero-order chi connectivity index (χ0) is 22.3. The lowest BCUT2D eigenvalue weighted by molar-refractivity contribution is 0.0599. The molecule has 0 atom stereocenters. The van der Waals surface area contributed by atoms with Crippen LogP contribution in [0, 0.1) is 0 Å². The molecule has 0 saturated heterocycles. The number of carbonyl (C=O) groups excluding carboxylic acids is 1. The Bertz CT molecular complexity index is 1020. The number of sulfonamides is 1. The topological polar surface area (TPSA) is 137 Å². The van der Waals surface area contributed by atoms with Crippen LogP contribution in [0.15, 0.2) is 41.3 Å². The quantitative estimate of drug-likeness (QED) is 0.420. The molecule has 2 rings (SSSR count). The molecular formula is C19H21NO9S. The highest BCUT2D eigenvalue weighted by atomic mass is 32.2. The number of benzene rings is 2. The molecule has 2 N–H and O–H groups in total. The van der Waals surface area contributed by atoms with Crippen LogP contribution in [0.5, 0.6) is 11.5 Å². The second kappa shape index (κ2) is 9.94. The van der Waals surface area contributed by atoms with Crippen LogP contribution in [0.1, 0.15) is 20.7 Å². The number of carboxylic acid groups (broad SMARTS) is 1. The molecule has 0 aliphatic rings. The van der Waals surface area contributed by atoms with Crippen LogP contribution >= 0.6 is 0 Å². The van der Waals surface area contributed by atoms with Gasteiger partial charge in [0.05, 0.1) is 42.5 Å². The van der Waals surface area contributed by atoms with Crippen molar-refractivity contribution in [3.63, 3.8) is 0 Å². The third-order valence-corrected chi connectivity index (χ3v) is 5.29. The predicted octanol–water partition coefficient (Wildman–Crippen LogP) is 2.01. The van der Waals surface area contributed by atoms with Gasteiger partial charge in [-0.3, -0.25) is 4.72 Å². The minimum atomic E-state index is -4.17. The summed E-state index contributed by atoms with van der Waals surface area (Å²) in [5.74, 6) is -1.73. The smallest absolute Gasteiger partial charge is 0.337 e. The normalized spacial score (nSPS) is 10.9. The van der Waals surface area contributed by atoms with Gasteiger partial charge < -0.3 is 24.1 Å². The Labute approximate surface area is 173 Å². The molecule has 30 heavy (non-hydrogen) atoms. The number of methoxy groups -OCH3 is 3. The average Bonchev–Trinajstić information content (AvgIpc) is 2.73. The van der Waals surface area contributed by atoms with Crippen molar-refractivity contribution in [1.29, 1.82) is 0 Å². The molecule has 2 aromatic carbocycles. The van der Waals surface area contributed by atoms with Gasteiger partial charge >= 0.3 is 11.9 Å². The van der Waals surface area contributed by atoms with Crippen LogP contribution in [-0.2, 0) is 19.5 Å². The summed E-state index contributed by atoms with van der Waals surface area (Å²) >= 11 is 0. The summed E-state index contributed by atoms with van der Waals surface area (Å²) in [5.41, 5.74) is -0.380. The Morgan fingerprint density at radius 1 is 1.00 bits per heavy atom. The van der Waals surface area contributed by atoms with Gasteiger partial charge in [0, 0.05) is 19.2 Å². The van der Waals surface area contributed by atoms with Crippen molar-refractivity contribution >= 4 is 27.6 Å². The average molecular weight is 439 g/mol. The first-order chi connectivity index (χ1) is 14.2. The number of hydrogen-bond donors (Lipinski definition) is 2. The maximum Gasteiger partial charge on any atom is 0.337 e. The summed E-state index contributed by atoms with van der Waals surface area (Å²) in [5, 5.41) is 9.48. The number of carboxylic acids is 1. The highest BCUT2D eigenvalue weighted by Crippen LogP contribution is 2.34. The number of carbonyl (C=O) groups is 2. The van der Waals surface area contributed by atoms with Crippen LogP contribution in [-0.4, -0.2) is 60.0 Å². The van der Waals surface area contributed by atoms with Gasteiger partial charge in [-0.1, -0.05) is 0 Å². The first-order valence-corrected chi connectivity index (χ1v) is 10.00. The van der Waals surface area contributed by atoms with Crippen molar-refractivity contribution in [1.82, 2.24) is 0 Å². The summed E-state index contributed by atoms with van der Waals surface area (Å²) in [6.07, 6.45) is 0. The minimum Gasteiger partial charge on any atom is -0.493 e. The summed E-state index contributed by atoms with van der Waals surface area (Å²) in [6.45, 7) is 0.401. The van der Waals surface area contributed by atoms with Crippen LogP contribution in [0.25, 0.3) is 0 Å². The Balaban J connectivity index is 2.41. The molecule has 0 heterocycles. The molecule has 0 aliphatic heterocycles. The number of rotatable bonds is 10. The lowest BCUT2D eigenvalue weighted by atomic mass is 10.1. The molecule has 11 heteroatoms. The molecule has 0 aliphatic carbocycles. The number of aromatic carboxylic acids is 1. The molecule has 0 bridgehead atoms. The van der Waals surface area contributed by atoms with E-state index in [0.717, 1.165) is 6.07 Å². The molecule has 0 unspecified atom stereocenters. The van der Waals surface area contributed by atoms with Crippen molar-refractivity contribution in [2.24, 2.45) is 0 Å². The molecule has 0 spiro atoms. The van der Waals surface area contributed by atoms with E-state index < -0.39 is 22.0 Å². The van der Waals surface area contributed by atoms with Crippen LogP contribution in [0.2, 0.25) is 0 Å². The van der Waals surface area contributed by atoms with Gasteiger partial charge in [-0.05, 0) is 24.3 Å². The van der Waals surface area contributed by atoms with Gasteiger partial charge in [0.2, 0.25) is 0 Å². The number of ether oxygens (including phenoxy) is 4. The SMILES string of the molecule is COCCOc1cc(NS(=O)(=O)c2ccc(C(=O)OC)cc2)c(C(=O)O)cc1OC. The molecule has 0 fully saturated rings. The van der Waals surface area contributed by atoms with E-state index in [1.807, 2.05) is 0 Å². The fourth-order valence-electron chi connectivity index (χ4n) is 2.42. The van der Waals surface area contributed by atoms with E-state index in [1.54, 1.807) is 0 Å². The van der Waals surface area contributed by atoms with Gasteiger partial charge in [0.1, 0.15) is 6.61 Å². The second-order valence-electron chi connectivity index (χ2n) is 5.82. The molecular weight excluding hydrogens is 418 g/mol. The number of anilines is 1. The van der Waals surface area contributed by atoms with Gasteiger partial charge in [0.15, 0.2) is 11.5 Å². The molecule has 162 valence electrons. The first kappa shape index (κ1) is 23.0. The fourth-order valence-corrected chi connectivity index (χ4v) is 3.49. The zero-order valence-electron chi connectivity index (χ0n) is 16.5. The van der Waals surface area contributed by atoms with Gasteiger partial charge in [0.25, 0.3) is 10.0 Å². The Hall–Kier alpha value is -3.31. The van der Waals surface area contributed by atoms with E-state index in [2.05, 4.69) is 9.46 Å². The Kier molecular flexibility index (Phi) is 7.61. The highest BCUT2D eigenvalue weighted by Gasteiger charge is 2.22. The Morgan fingerprint density at radius 2 is 1.67 bits per heavy atom. The van der Waals surface area contributed by atoms with Crippen molar-refractivity contribution < 1.29 is 42.1 Å². The molecule has 2 aromatic rings. The predicted molar refractivity (Wildman–Crippen MR) is 106 cm³/mol. The Morgan fingerprint density at radius 3 is 2.20 bits per heavy atom. The van der Waals surface area contributed by atoms with Crippen molar-refractivity contribution in [3.8, 4) is 11.5 Å². The van der Waals surface area contributed by atoms with E-state index in [9.17, 15) is 23.1 Å². The number of hydrogen-bond acceptors (Lipinski definition) is 8. The van der Waals surface area contributed by atoms with Crippen LogP contribution < -0.4 is 14.2 Å². The van der Waals surface area contributed by atoms with Gasteiger partial charge in [-0.25, -0.2) is 18.0 Å². The zero-order valence-corrected chi connectivity index (χ0v) is 17.3. The lowest BCUT2D eigenvalue weighted by Crippen LogP contribution is -2.16. The van der Waals surface area contributed by atoms with Crippen LogP contribution in [0.4, 0.5) is 5.69 Å². The maximum atomic E-state index is 12.7. The summed E-state index contributed by atoms with van der Waals surface area (Å²) in [6, 6.07) is 7.35. The number of esters is 1. The van der Waals surface area contributed by atoms with E-state index in [4.69, 9.17) is 14.2 Å². The van der Waals surface area contributed by atoms with Crippen molar-refractivity contribution in [2.45, 2.75) is 4.90 Å². The summed E-state index contributed by atoms with van der Waals surface area (Å²) in [4.78, 5) is 23.0. The van der Waals surface area contributed by atoms with E-state index in [1.165, 1.54) is 51.7 Å². The maximum absolute atomic E-state index is 12.7. The number of nitrogens with one attached hydrogen (secondary N) is 1. The third kappa shape index (κ3) is 5.39.